The molecule has 4 rings (SSSR count). The molecule has 0 amide bonds. The Labute approximate surface area is 153 Å². The summed E-state index contributed by atoms with van der Waals surface area (Å²) in [6.07, 6.45) is 0. The number of fused-ring (bicyclic) bond motifs is 1. The fourth-order valence-electron chi connectivity index (χ4n) is 2.55. The van der Waals surface area contributed by atoms with Gasteiger partial charge in [-0.2, -0.15) is 4.36 Å². The smallest absolute Gasteiger partial charge is 0.189 e. The summed E-state index contributed by atoms with van der Waals surface area (Å²) in [5, 5.41) is 10.5. The van der Waals surface area contributed by atoms with Gasteiger partial charge in [-0.05, 0) is 35.0 Å². The molecule has 0 saturated carbocycles. The normalized spacial score (nSPS) is 11.0. The van der Waals surface area contributed by atoms with Crippen LogP contribution in [-0.2, 0) is 10.7 Å². The topological polar surface area (TPSA) is 38.1 Å². The van der Waals surface area contributed by atoms with Crippen LogP contribution >= 0.6 is 11.6 Å². The lowest BCUT2D eigenvalue weighted by atomic mass is 10.2. The standard InChI is InChI=1S/C20H14ClN3S/c21-19-17-13-7-8-14-18(17)20(23-22-19)24-25(15-9-3-1-4-10-15)16-11-5-2-6-12-16/h1-14H. The van der Waals surface area contributed by atoms with Gasteiger partial charge in [-0.15, -0.1) is 10.2 Å². The molecule has 0 aliphatic heterocycles. The molecule has 1 aromatic heterocycles. The Morgan fingerprint density at radius 3 is 1.76 bits per heavy atom. The van der Waals surface area contributed by atoms with Crippen LogP contribution in [-0.4, -0.2) is 10.2 Å². The predicted molar refractivity (Wildman–Crippen MR) is 103 cm³/mol. The van der Waals surface area contributed by atoms with Gasteiger partial charge in [0.2, 0.25) is 0 Å². The monoisotopic (exact) mass is 363 g/mol. The van der Waals surface area contributed by atoms with Gasteiger partial charge in [-0.1, -0.05) is 72.3 Å². The lowest BCUT2D eigenvalue weighted by molar-refractivity contribution is 1.05. The van der Waals surface area contributed by atoms with E-state index >= 15 is 0 Å². The van der Waals surface area contributed by atoms with Crippen molar-refractivity contribution in [1.29, 1.82) is 0 Å². The Morgan fingerprint density at radius 2 is 1.16 bits per heavy atom. The summed E-state index contributed by atoms with van der Waals surface area (Å²) in [5.41, 5.74) is 0. The molecule has 0 atom stereocenters. The maximum atomic E-state index is 6.19. The summed E-state index contributed by atoms with van der Waals surface area (Å²) in [4.78, 5) is 2.27. The van der Waals surface area contributed by atoms with Crippen molar-refractivity contribution in [3.05, 3.63) is 90.1 Å². The molecule has 0 bridgehead atoms. The van der Waals surface area contributed by atoms with Crippen LogP contribution < -0.4 is 0 Å². The SMILES string of the molecule is Clc1nnc(N=S(c2ccccc2)c2ccccc2)c2ccccc12. The quantitative estimate of drug-likeness (QED) is 0.459. The second kappa shape index (κ2) is 7.13. The first kappa shape index (κ1) is 15.9. The van der Waals surface area contributed by atoms with Crippen molar-refractivity contribution in [2.24, 2.45) is 4.36 Å². The molecule has 0 radical (unpaired) electrons. The molecule has 0 fully saturated rings. The van der Waals surface area contributed by atoms with E-state index in [1.807, 2.05) is 60.7 Å². The molecular weight excluding hydrogens is 350 g/mol. The molecular formula is C20H14ClN3S. The molecule has 1 heterocycles. The lowest BCUT2D eigenvalue weighted by Crippen LogP contribution is -1.94. The van der Waals surface area contributed by atoms with E-state index in [2.05, 4.69) is 34.5 Å². The highest BCUT2D eigenvalue weighted by molar-refractivity contribution is 7.87. The average Bonchev–Trinajstić information content (AvgIpc) is 2.69. The number of benzene rings is 3. The zero-order valence-electron chi connectivity index (χ0n) is 13.2. The number of hydrogen-bond acceptors (Lipinski definition) is 3. The zero-order chi connectivity index (χ0) is 17.1. The Bertz CT molecular complexity index is 1010. The Morgan fingerprint density at radius 1 is 0.640 bits per heavy atom. The van der Waals surface area contributed by atoms with Crippen molar-refractivity contribution in [3.8, 4) is 0 Å². The molecule has 0 unspecified atom stereocenters. The van der Waals surface area contributed by atoms with Gasteiger partial charge in [0, 0.05) is 20.6 Å². The molecule has 122 valence electrons. The Hall–Kier alpha value is -2.56. The fourth-order valence-corrected chi connectivity index (χ4v) is 4.37. The van der Waals surface area contributed by atoms with Crippen molar-refractivity contribution < 1.29 is 0 Å². The first-order chi connectivity index (χ1) is 12.3. The Kier molecular flexibility index (Phi) is 4.55. The largest absolute Gasteiger partial charge is 0.196 e. The summed E-state index contributed by atoms with van der Waals surface area (Å²) in [7, 11) is -0.485. The maximum Gasteiger partial charge on any atom is 0.189 e. The fraction of sp³-hybridized carbons (Fsp3) is 0. The predicted octanol–water partition coefficient (Wildman–Crippen LogP) is 5.83. The summed E-state index contributed by atoms with van der Waals surface area (Å²) in [5.74, 6) is 0.607. The summed E-state index contributed by atoms with van der Waals surface area (Å²) in [6, 6.07) is 28.3. The van der Waals surface area contributed by atoms with E-state index in [9.17, 15) is 0 Å². The summed E-state index contributed by atoms with van der Waals surface area (Å²) >= 11 is 6.19. The van der Waals surface area contributed by atoms with Gasteiger partial charge in [0.1, 0.15) is 0 Å². The van der Waals surface area contributed by atoms with Crippen LogP contribution in [0.5, 0.6) is 0 Å². The molecule has 3 aromatic carbocycles. The minimum absolute atomic E-state index is 0.397. The van der Waals surface area contributed by atoms with Gasteiger partial charge in [0.15, 0.2) is 11.0 Å². The Balaban J connectivity index is 1.96. The molecule has 5 heteroatoms. The molecule has 0 aliphatic carbocycles. The van der Waals surface area contributed by atoms with Gasteiger partial charge in [0.05, 0.1) is 0 Å². The van der Waals surface area contributed by atoms with E-state index in [-0.39, 0.29) is 0 Å². The molecule has 4 aromatic rings. The van der Waals surface area contributed by atoms with Crippen molar-refractivity contribution in [2.75, 3.05) is 0 Å². The highest BCUT2D eigenvalue weighted by Gasteiger charge is 2.10. The van der Waals surface area contributed by atoms with Crippen LogP contribution in [0.1, 0.15) is 0 Å². The van der Waals surface area contributed by atoms with Gasteiger partial charge in [0.25, 0.3) is 0 Å². The maximum absolute atomic E-state index is 6.19. The van der Waals surface area contributed by atoms with Crippen LogP contribution in [0.15, 0.2) is 99.1 Å². The highest BCUT2D eigenvalue weighted by atomic mass is 35.5. The van der Waals surface area contributed by atoms with Gasteiger partial charge < -0.3 is 0 Å². The molecule has 0 N–H and O–H groups in total. The van der Waals surface area contributed by atoms with Crippen LogP contribution in [0.25, 0.3) is 10.8 Å². The zero-order valence-corrected chi connectivity index (χ0v) is 14.8. The summed E-state index contributed by atoms with van der Waals surface area (Å²) in [6.45, 7) is 0. The van der Waals surface area contributed by atoms with Crippen molar-refractivity contribution >= 4 is 38.9 Å². The van der Waals surface area contributed by atoms with Gasteiger partial charge in [-0.25, -0.2) is 0 Å². The minimum atomic E-state index is -0.485. The number of rotatable bonds is 3. The van der Waals surface area contributed by atoms with Crippen LogP contribution in [0.3, 0.4) is 0 Å². The molecule has 25 heavy (non-hydrogen) atoms. The van der Waals surface area contributed by atoms with E-state index in [1.54, 1.807) is 0 Å². The second-order valence-electron chi connectivity index (χ2n) is 5.36. The van der Waals surface area contributed by atoms with E-state index < -0.39 is 10.7 Å². The molecule has 0 aliphatic rings. The highest BCUT2D eigenvalue weighted by Crippen LogP contribution is 2.30. The molecule has 3 nitrogen and oxygen atoms in total. The average molecular weight is 364 g/mol. The van der Waals surface area contributed by atoms with Gasteiger partial charge in [-0.3, -0.25) is 0 Å². The van der Waals surface area contributed by atoms with Crippen molar-refractivity contribution in [2.45, 2.75) is 9.79 Å². The second-order valence-corrected chi connectivity index (χ2v) is 7.41. The van der Waals surface area contributed by atoms with E-state index in [4.69, 9.17) is 16.0 Å². The first-order valence-electron chi connectivity index (χ1n) is 7.80. The van der Waals surface area contributed by atoms with Crippen LogP contribution in [0.2, 0.25) is 5.15 Å². The third kappa shape index (κ3) is 3.31. The minimum Gasteiger partial charge on any atom is -0.196 e. The van der Waals surface area contributed by atoms with Gasteiger partial charge >= 0.3 is 0 Å². The third-order valence-electron chi connectivity index (χ3n) is 3.73. The number of nitrogens with zero attached hydrogens (tertiary/aromatic N) is 3. The van der Waals surface area contributed by atoms with Crippen molar-refractivity contribution in [1.82, 2.24) is 10.2 Å². The van der Waals surface area contributed by atoms with Crippen LogP contribution in [0, 0.1) is 0 Å². The number of hydrogen-bond donors (Lipinski definition) is 0. The third-order valence-corrected chi connectivity index (χ3v) is 5.81. The lowest BCUT2D eigenvalue weighted by Gasteiger charge is -2.09. The van der Waals surface area contributed by atoms with E-state index in [0.29, 0.717) is 11.0 Å². The van der Waals surface area contributed by atoms with E-state index in [0.717, 1.165) is 20.6 Å². The number of halogens is 1. The molecule has 0 saturated heterocycles. The summed E-state index contributed by atoms with van der Waals surface area (Å²) < 4.78 is 4.96. The van der Waals surface area contributed by atoms with Crippen molar-refractivity contribution in [3.63, 3.8) is 0 Å². The van der Waals surface area contributed by atoms with E-state index in [1.165, 1.54) is 0 Å². The molecule has 0 spiro atoms. The first-order valence-corrected chi connectivity index (χ1v) is 9.36. The van der Waals surface area contributed by atoms with Crippen LogP contribution in [0.4, 0.5) is 5.82 Å². The number of aromatic nitrogens is 2.